The maximum absolute atomic E-state index is 11.8. The van der Waals surface area contributed by atoms with E-state index in [4.69, 9.17) is 21.4 Å². The second kappa shape index (κ2) is 5.68. The van der Waals surface area contributed by atoms with Crippen molar-refractivity contribution in [1.29, 1.82) is 0 Å². The number of hydrogen-bond donors (Lipinski definition) is 2. The summed E-state index contributed by atoms with van der Waals surface area (Å²) < 4.78 is 4.75. The van der Waals surface area contributed by atoms with Crippen LogP contribution in [0.1, 0.15) is 5.56 Å². The summed E-state index contributed by atoms with van der Waals surface area (Å²) in [4.78, 5) is 23.8. The molecule has 0 saturated carbocycles. The van der Waals surface area contributed by atoms with Crippen molar-refractivity contribution >= 4 is 23.7 Å². The second-order valence-electron chi connectivity index (χ2n) is 4.69. The van der Waals surface area contributed by atoms with Crippen molar-refractivity contribution in [2.75, 3.05) is 20.2 Å². The van der Waals surface area contributed by atoms with Crippen LogP contribution in [-0.2, 0) is 16.1 Å². The lowest BCUT2D eigenvalue weighted by atomic mass is 9.90. The van der Waals surface area contributed by atoms with Crippen molar-refractivity contribution in [1.82, 2.24) is 10.2 Å². The fourth-order valence-corrected chi connectivity index (χ4v) is 2.25. The molecule has 1 aliphatic rings. The molecule has 1 aromatic rings. The van der Waals surface area contributed by atoms with Crippen molar-refractivity contribution in [2.45, 2.75) is 12.1 Å². The van der Waals surface area contributed by atoms with Crippen LogP contribution < -0.4 is 5.32 Å². The predicted octanol–water partition coefficient (Wildman–Crippen LogP) is 1.33. The summed E-state index contributed by atoms with van der Waals surface area (Å²) in [5.41, 5.74) is -0.0151. The van der Waals surface area contributed by atoms with Gasteiger partial charge in [0.2, 0.25) is 0 Å². The Morgan fingerprint density at radius 3 is 2.50 bits per heavy atom. The van der Waals surface area contributed by atoms with Gasteiger partial charge < -0.3 is 14.7 Å². The molecule has 1 heterocycles. The molecule has 1 amide bonds. The van der Waals surface area contributed by atoms with E-state index >= 15 is 0 Å². The predicted molar refractivity (Wildman–Crippen MR) is 72.6 cm³/mol. The molecule has 0 unspecified atom stereocenters. The minimum atomic E-state index is -1.04. The molecule has 0 aliphatic carbocycles. The quantitative estimate of drug-likeness (QED) is 0.820. The van der Waals surface area contributed by atoms with Gasteiger partial charge in [0.15, 0.2) is 5.54 Å². The van der Waals surface area contributed by atoms with Crippen LogP contribution in [0.2, 0.25) is 5.02 Å². The summed E-state index contributed by atoms with van der Waals surface area (Å²) in [5, 5.41) is 12.6. The number of halogens is 1. The third-order valence-electron chi connectivity index (χ3n) is 3.31. The van der Waals surface area contributed by atoms with Gasteiger partial charge in [0.25, 0.3) is 0 Å². The number of amides is 1. The van der Waals surface area contributed by atoms with E-state index < -0.39 is 17.6 Å². The van der Waals surface area contributed by atoms with Crippen LogP contribution in [0.4, 0.5) is 4.79 Å². The molecule has 0 aromatic heterocycles. The number of rotatable bonds is 4. The van der Waals surface area contributed by atoms with Gasteiger partial charge in [0, 0.05) is 11.6 Å². The standard InChI is InChI=1S/C13H15ClN2O4/c1-20-11(17)13(7-16(8-13)12(18)19)15-6-9-2-4-10(14)5-3-9/h2-5,15H,6-8H2,1H3,(H,18,19). The van der Waals surface area contributed by atoms with E-state index in [0.29, 0.717) is 11.6 Å². The van der Waals surface area contributed by atoms with Crippen molar-refractivity contribution < 1.29 is 19.4 Å². The van der Waals surface area contributed by atoms with Crippen LogP contribution in [0.15, 0.2) is 24.3 Å². The zero-order valence-corrected chi connectivity index (χ0v) is 11.7. The first kappa shape index (κ1) is 14.6. The average molecular weight is 299 g/mol. The number of likely N-dealkylation sites (tertiary alicyclic amines) is 1. The molecule has 1 fully saturated rings. The first-order valence-electron chi connectivity index (χ1n) is 6.02. The Hall–Kier alpha value is -1.79. The lowest BCUT2D eigenvalue weighted by molar-refractivity contribution is -0.155. The molecule has 108 valence electrons. The number of esters is 1. The zero-order chi connectivity index (χ0) is 14.8. The van der Waals surface area contributed by atoms with Crippen molar-refractivity contribution in [3.63, 3.8) is 0 Å². The second-order valence-corrected chi connectivity index (χ2v) is 5.13. The van der Waals surface area contributed by atoms with Gasteiger partial charge in [-0.15, -0.1) is 0 Å². The van der Waals surface area contributed by atoms with E-state index in [-0.39, 0.29) is 13.1 Å². The number of hydrogen-bond acceptors (Lipinski definition) is 4. The molecule has 6 nitrogen and oxygen atoms in total. The minimum Gasteiger partial charge on any atom is -0.468 e. The molecule has 0 atom stereocenters. The van der Waals surface area contributed by atoms with Crippen LogP contribution in [0.3, 0.4) is 0 Å². The fourth-order valence-electron chi connectivity index (χ4n) is 2.12. The first-order chi connectivity index (χ1) is 9.47. The molecule has 20 heavy (non-hydrogen) atoms. The number of methoxy groups -OCH3 is 1. The molecule has 0 radical (unpaired) electrons. The molecular formula is C13H15ClN2O4. The fraction of sp³-hybridized carbons (Fsp3) is 0.385. The first-order valence-corrected chi connectivity index (χ1v) is 6.40. The van der Waals surface area contributed by atoms with Gasteiger partial charge >= 0.3 is 12.1 Å². The summed E-state index contributed by atoms with van der Waals surface area (Å²) in [5.74, 6) is -0.455. The Morgan fingerprint density at radius 1 is 1.40 bits per heavy atom. The van der Waals surface area contributed by atoms with E-state index in [9.17, 15) is 9.59 Å². The molecule has 7 heteroatoms. The third kappa shape index (κ3) is 2.86. The topological polar surface area (TPSA) is 78.9 Å². The van der Waals surface area contributed by atoms with Gasteiger partial charge in [-0.25, -0.2) is 9.59 Å². The highest BCUT2D eigenvalue weighted by Gasteiger charge is 2.52. The number of benzene rings is 1. The van der Waals surface area contributed by atoms with Gasteiger partial charge in [-0.2, -0.15) is 0 Å². The summed E-state index contributed by atoms with van der Waals surface area (Å²) in [6.07, 6.45) is -1.04. The van der Waals surface area contributed by atoms with E-state index in [1.165, 1.54) is 7.11 Å². The van der Waals surface area contributed by atoms with Gasteiger partial charge in [-0.1, -0.05) is 23.7 Å². The summed E-state index contributed by atoms with van der Waals surface area (Å²) in [6, 6.07) is 7.20. The Morgan fingerprint density at radius 2 is 2.00 bits per heavy atom. The van der Waals surface area contributed by atoms with Crippen molar-refractivity contribution in [3.8, 4) is 0 Å². The van der Waals surface area contributed by atoms with Crippen molar-refractivity contribution in [3.05, 3.63) is 34.9 Å². The number of nitrogens with one attached hydrogen (secondary N) is 1. The lowest BCUT2D eigenvalue weighted by Crippen LogP contribution is -2.74. The summed E-state index contributed by atoms with van der Waals surface area (Å²) in [6.45, 7) is 0.602. The number of carbonyl (C=O) groups excluding carboxylic acids is 1. The Bertz CT molecular complexity index is 512. The van der Waals surface area contributed by atoms with Gasteiger partial charge in [0.05, 0.1) is 20.2 Å². The van der Waals surface area contributed by atoms with E-state index in [1.54, 1.807) is 12.1 Å². The molecule has 1 saturated heterocycles. The van der Waals surface area contributed by atoms with Gasteiger partial charge in [0.1, 0.15) is 0 Å². The molecule has 0 bridgehead atoms. The highest BCUT2D eigenvalue weighted by atomic mass is 35.5. The summed E-state index contributed by atoms with van der Waals surface area (Å²) >= 11 is 5.80. The summed E-state index contributed by atoms with van der Waals surface area (Å²) in [7, 11) is 1.29. The number of ether oxygens (including phenoxy) is 1. The lowest BCUT2D eigenvalue weighted by Gasteiger charge is -2.46. The van der Waals surface area contributed by atoms with E-state index in [0.717, 1.165) is 10.5 Å². The van der Waals surface area contributed by atoms with Gasteiger partial charge in [-0.05, 0) is 17.7 Å². The Kier molecular flexibility index (Phi) is 4.15. The van der Waals surface area contributed by atoms with E-state index in [1.807, 2.05) is 12.1 Å². The van der Waals surface area contributed by atoms with Crippen LogP contribution in [0.25, 0.3) is 0 Å². The monoisotopic (exact) mass is 298 g/mol. The molecule has 1 aliphatic heterocycles. The normalized spacial score (nSPS) is 16.4. The van der Waals surface area contributed by atoms with Crippen molar-refractivity contribution in [2.24, 2.45) is 0 Å². The molecule has 1 aromatic carbocycles. The Labute approximate surface area is 121 Å². The largest absolute Gasteiger partial charge is 0.468 e. The highest BCUT2D eigenvalue weighted by molar-refractivity contribution is 6.30. The highest BCUT2D eigenvalue weighted by Crippen LogP contribution is 2.23. The number of nitrogens with zero attached hydrogens (tertiary/aromatic N) is 1. The average Bonchev–Trinajstić information content (AvgIpc) is 2.38. The molecule has 2 rings (SSSR count). The minimum absolute atomic E-state index is 0.0859. The smallest absolute Gasteiger partial charge is 0.407 e. The third-order valence-corrected chi connectivity index (χ3v) is 3.56. The van der Waals surface area contributed by atoms with E-state index in [2.05, 4.69) is 5.32 Å². The van der Waals surface area contributed by atoms with Crippen LogP contribution in [0, 0.1) is 0 Å². The van der Waals surface area contributed by atoms with Crippen LogP contribution in [-0.4, -0.2) is 47.8 Å². The zero-order valence-electron chi connectivity index (χ0n) is 10.9. The maximum atomic E-state index is 11.8. The number of carboxylic acid groups (broad SMARTS) is 1. The molecule has 0 spiro atoms. The van der Waals surface area contributed by atoms with Gasteiger partial charge in [-0.3, -0.25) is 5.32 Å². The maximum Gasteiger partial charge on any atom is 0.407 e. The number of carbonyl (C=O) groups is 2. The SMILES string of the molecule is COC(=O)C1(NCc2ccc(Cl)cc2)CN(C(=O)O)C1. The molecule has 2 N–H and O–H groups in total. The Balaban J connectivity index is 2.01. The molecular weight excluding hydrogens is 284 g/mol. The van der Waals surface area contributed by atoms with Crippen LogP contribution >= 0.6 is 11.6 Å². The van der Waals surface area contributed by atoms with Crippen LogP contribution in [0.5, 0.6) is 0 Å².